The lowest BCUT2D eigenvalue weighted by Crippen LogP contribution is -2.53. The van der Waals surface area contributed by atoms with Crippen LogP contribution in [0.25, 0.3) is 10.9 Å². The van der Waals surface area contributed by atoms with Gasteiger partial charge in [0.1, 0.15) is 0 Å². The predicted octanol–water partition coefficient (Wildman–Crippen LogP) is 5.70. The lowest BCUT2D eigenvalue weighted by atomic mass is 9.89. The van der Waals surface area contributed by atoms with Crippen molar-refractivity contribution in [1.82, 2.24) is 9.47 Å². The summed E-state index contributed by atoms with van der Waals surface area (Å²) in [5, 5.41) is 25.8. The van der Waals surface area contributed by atoms with Crippen molar-refractivity contribution >= 4 is 28.2 Å². The summed E-state index contributed by atoms with van der Waals surface area (Å²) in [5.74, 6) is -0.550. The van der Waals surface area contributed by atoms with Gasteiger partial charge in [0.25, 0.3) is 5.69 Å². The van der Waals surface area contributed by atoms with Crippen LogP contribution >= 0.6 is 0 Å². The number of amides is 1. The molecule has 1 aliphatic heterocycles. The molecule has 3 aromatic carbocycles. The monoisotopic (exact) mass is 566 g/mol. The maximum atomic E-state index is 14.7. The van der Waals surface area contributed by atoms with Crippen LogP contribution in [0.2, 0.25) is 0 Å². The molecule has 214 valence electrons. The van der Waals surface area contributed by atoms with E-state index in [2.05, 4.69) is 5.32 Å². The standard InChI is InChI=1S/C30H29F3N4O4/c31-30(32,33)29(39,20-35-15-13-22(14-16-35)28(38)34-23-9-5-2-6-10-23)26-19-36(18-21-7-3-1-4-8-21)27-17-24(37(40)41)11-12-25(26)27/h1-12,17,19,22,39H,13-16,18,20H2,(H,34,38). The van der Waals surface area contributed by atoms with Gasteiger partial charge in [-0.15, -0.1) is 0 Å². The summed E-state index contributed by atoms with van der Waals surface area (Å²) >= 11 is 0. The molecule has 1 amide bonds. The molecule has 4 aromatic rings. The Morgan fingerprint density at radius 2 is 1.63 bits per heavy atom. The van der Waals surface area contributed by atoms with Gasteiger partial charge >= 0.3 is 6.18 Å². The molecule has 1 unspecified atom stereocenters. The van der Waals surface area contributed by atoms with Gasteiger partial charge in [0.05, 0.1) is 10.4 Å². The molecule has 0 bridgehead atoms. The minimum Gasteiger partial charge on any atom is -0.375 e. The third-order valence-corrected chi connectivity index (χ3v) is 7.64. The van der Waals surface area contributed by atoms with Crippen LogP contribution in [-0.4, -0.2) is 51.2 Å². The highest BCUT2D eigenvalue weighted by Gasteiger charge is 2.57. The lowest BCUT2D eigenvalue weighted by Gasteiger charge is -2.38. The van der Waals surface area contributed by atoms with E-state index in [0.29, 0.717) is 18.5 Å². The lowest BCUT2D eigenvalue weighted by molar-refractivity contribution is -0.384. The number of hydrogen-bond acceptors (Lipinski definition) is 5. The topological polar surface area (TPSA) is 101 Å². The van der Waals surface area contributed by atoms with Crippen molar-refractivity contribution < 1.29 is 28.0 Å². The van der Waals surface area contributed by atoms with E-state index in [1.165, 1.54) is 27.8 Å². The molecule has 1 aliphatic rings. The Balaban J connectivity index is 1.42. The first-order chi connectivity index (χ1) is 19.5. The summed E-state index contributed by atoms with van der Waals surface area (Å²) in [6.07, 6.45) is -3.11. The molecular weight excluding hydrogens is 537 g/mol. The molecule has 0 spiro atoms. The number of fused-ring (bicyclic) bond motifs is 1. The number of rotatable bonds is 8. The van der Waals surface area contributed by atoms with Gasteiger partial charge in [0.15, 0.2) is 0 Å². The molecule has 1 atom stereocenters. The Bertz CT molecular complexity index is 1530. The molecule has 11 heteroatoms. The van der Waals surface area contributed by atoms with Gasteiger partial charge in [-0.2, -0.15) is 13.2 Å². The van der Waals surface area contributed by atoms with Gasteiger partial charge in [0.2, 0.25) is 11.5 Å². The number of carbonyl (C=O) groups excluding carboxylic acids is 1. The Kier molecular flexibility index (Phi) is 7.83. The number of nitrogens with zero attached hydrogens (tertiary/aromatic N) is 3. The number of nitro benzene ring substituents is 1. The van der Waals surface area contributed by atoms with Gasteiger partial charge in [-0.05, 0) is 49.7 Å². The van der Waals surface area contributed by atoms with Crippen molar-refractivity contribution in [3.8, 4) is 0 Å². The Morgan fingerprint density at radius 1 is 1.00 bits per heavy atom. The SMILES string of the molecule is O=C(Nc1ccccc1)C1CCN(CC(O)(c2cn(Cc3ccccc3)c3cc([N+](=O)[O-])ccc23)C(F)(F)F)CC1. The first-order valence-corrected chi connectivity index (χ1v) is 13.2. The molecule has 2 N–H and O–H groups in total. The van der Waals surface area contributed by atoms with Crippen LogP contribution in [-0.2, 0) is 16.9 Å². The smallest absolute Gasteiger partial charge is 0.375 e. The number of benzene rings is 3. The Morgan fingerprint density at radius 3 is 2.24 bits per heavy atom. The highest BCUT2D eigenvalue weighted by molar-refractivity contribution is 5.92. The number of piperidine rings is 1. The van der Waals surface area contributed by atoms with Gasteiger partial charge in [-0.1, -0.05) is 48.5 Å². The molecule has 0 aliphatic carbocycles. The zero-order chi connectivity index (χ0) is 29.2. The summed E-state index contributed by atoms with van der Waals surface area (Å²) in [7, 11) is 0. The molecule has 1 saturated heterocycles. The number of nitro groups is 1. The maximum Gasteiger partial charge on any atom is 0.422 e. The van der Waals surface area contributed by atoms with E-state index in [0.717, 1.165) is 11.6 Å². The molecule has 41 heavy (non-hydrogen) atoms. The number of anilines is 1. The molecule has 8 nitrogen and oxygen atoms in total. The zero-order valence-electron chi connectivity index (χ0n) is 22.1. The van der Waals surface area contributed by atoms with Gasteiger partial charge in [-0.25, -0.2) is 0 Å². The van der Waals surface area contributed by atoms with E-state index < -0.39 is 23.2 Å². The van der Waals surface area contributed by atoms with Crippen LogP contribution in [0, 0.1) is 16.0 Å². The molecule has 0 radical (unpaired) electrons. The number of β-amino-alcohol motifs (C(OH)–C–C–N with tert-alkyl or cyclic N) is 1. The van der Waals surface area contributed by atoms with Gasteiger partial charge < -0.3 is 15.0 Å². The number of likely N-dealkylation sites (tertiary alicyclic amines) is 1. The van der Waals surface area contributed by atoms with Crippen LogP contribution in [0.1, 0.15) is 24.0 Å². The van der Waals surface area contributed by atoms with Gasteiger partial charge in [-0.3, -0.25) is 19.8 Å². The average Bonchev–Trinajstić information content (AvgIpc) is 3.32. The van der Waals surface area contributed by atoms with Crippen LogP contribution in [0.15, 0.2) is 85.1 Å². The van der Waals surface area contributed by atoms with Crippen molar-refractivity contribution in [3.63, 3.8) is 0 Å². The number of hydrogen-bond donors (Lipinski definition) is 2. The van der Waals surface area contributed by atoms with Crippen LogP contribution in [0.3, 0.4) is 0 Å². The van der Waals surface area contributed by atoms with E-state index in [9.17, 15) is 33.2 Å². The van der Waals surface area contributed by atoms with Crippen molar-refractivity contribution in [2.75, 3.05) is 25.0 Å². The quantitative estimate of drug-likeness (QED) is 0.211. The predicted molar refractivity (Wildman–Crippen MR) is 148 cm³/mol. The van der Waals surface area contributed by atoms with E-state index >= 15 is 0 Å². The number of aliphatic hydroxyl groups is 1. The normalized spacial score (nSPS) is 16.4. The van der Waals surface area contributed by atoms with E-state index in [4.69, 9.17) is 0 Å². The fourth-order valence-corrected chi connectivity index (χ4v) is 5.40. The molecule has 1 aromatic heterocycles. The number of alkyl halides is 3. The Hall–Kier alpha value is -4.22. The number of carbonyl (C=O) groups is 1. The largest absolute Gasteiger partial charge is 0.422 e. The number of aromatic nitrogens is 1. The molecule has 5 rings (SSSR count). The minimum atomic E-state index is -5.04. The molecular formula is C30H29F3N4O4. The summed E-state index contributed by atoms with van der Waals surface area (Å²) in [4.78, 5) is 25.1. The van der Waals surface area contributed by atoms with E-state index in [-0.39, 0.29) is 53.6 Å². The second-order valence-electron chi connectivity index (χ2n) is 10.4. The van der Waals surface area contributed by atoms with E-state index in [1.54, 1.807) is 48.5 Å². The van der Waals surface area contributed by atoms with Crippen molar-refractivity contribution in [2.45, 2.75) is 31.2 Å². The molecule has 0 saturated carbocycles. The first kappa shape index (κ1) is 28.3. The molecule has 1 fully saturated rings. The van der Waals surface area contributed by atoms with Crippen LogP contribution in [0.5, 0.6) is 0 Å². The number of nitrogens with one attached hydrogen (secondary N) is 1. The second-order valence-corrected chi connectivity index (χ2v) is 10.4. The highest BCUT2D eigenvalue weighted by Crippen LogP contribution is 2.44. The third kappa shape index (κ3) is 5.96. The zero-order valence-corrected chi connectivity index (χ0v) is 22.1. The van der Waals surface area contributed by atoms with Crippen LogP contribution in [0.4, 0.5) is 24.5 Å². The molecule has 2 heterocycles. The fraction of sp³-hybridized carbons (Fsp3) is 0.300. The second kappa shape index (κ2) is 11.3. The Labute approximate surface area is 234 Å². The summed E-state index contributed by atoms with van der Waals surface area (Å²) < 4.78 is 45.6. The number of halogens is 3. The van der Waals surface area contributed by atoms with Crippen molar-refractivity contribution in [3.05, 3.63) is 106 Å². The first-order valence-electron chi connectivity index (χ1n) is 13.2. The van der Waals surface area contributed by atoms with Crippen LogP contribution < -0.4 is 5.32 Å². The summed E-state index contributed by atoms with van der Waals surface area (Å²) in [6.45, 7) is -0.182. The minimum absolute atomic E-state index is 0.0866. The average molecular weight is 567 g/mol. The van der Waals surface area contributed by atoms with Gasteiger partial charge in [0, 0.05) is 54.0 Å². The maximum absolute atomic E-state index is 14.7. The van der Waals surface area contributed by atoms with Crippen molar-refractivity contribution in [1.29, 1.82) is 0 Å². The number of para-hydroxylation sites is 1. The summed E-state index contributed by atoms with van der Waals surface area (Å²) in [5.41, 5.74) is -2.22. The number of non-ortho nitro benzene ring substituents is 1. The third-order valence-electron chi connectivity index (χ3n) is 7.64. The highest BCUT2D eigenvalue weighted by atomic mass is 19.4. The van der Waals surface area contributed by atoms with Crippen molar-refractivity contribution in [2.24, 2.45) is 5.92 Å². The summed E-state index contributed by atoms with van der Waals surface area (Å²) in [6, 6.07) is 21.6. The fourth-order valence-electron chi connectivity index (χ4n) is 5.40. The van der Waals surface area contributed by atoms with E-state index in [1.807, 2.05) is 12.1 Å².